The van der Waals surface area contributed by atoms with E-state index in [2.05, 4.69) is 10.6 Å². The molecule has 2 aromatic carbocycles. The molecule has 3 rings (SSSR count). The summed E-state index contributed by atoms with van der Waals surface area (Å²) in [5.41, 5.74) is 7.21. The molecule has 1 saturated heterocycles. The predicted molar refractivity (Wildman–Crippen MR) is 101 cm³/mol. The van der Waals surface area contributed by atoms with Crippen LogP contribution >= 0.6 is 0 Å². The number of rotatable bonds is 6. The van der Waals surface area contributed by atoms with Crippen LogP contribution in [0.1, 0.15) is 30.5 Å². The van der Waals surface area contributed by atoms with Crippen molar-refractivity contribution in [3.8, 4) is 5.75 Å². The molecule has 136 valence electrons. The summed E-state index contributed by atoms with van der Waals surface area (Å²) in [4.78, 5) is 12.5. The fourth-order valence-electron chi connectivity index (χ4n) is 3.06. The van der Waals surface area contributed by atoms with Gasteiger partial charge in [-0.3, -0.25) is 10.2 Å². The number of amidine groups is 1. The minimum atomic E-state index is -0.276. The molecule has 0 saturated carbocycles. The van der Waals surface area contributed by atoms with E-state index in [1.165, 1.54) is 0 Å². The van der Waals surface area contributed by atoms with E-state index in [9.17, 15) is 4.79 Å². The van der Waals surface area contributed by atoms with E-state index in [1.807, 2.05) is 43.3 Å². The monoisotopic (exact) mass is 352 g/mol. The Morgan fingerprint density at radius 1 is 1.27 bits per heavy atom. The minimum Gasteiger partial charge on any atom is -0.489 e. The highest BCUT2D eigenvalue weighted by Gasteiger charge is 2.31. The maximum Gasteiger partial charge on any atom is 0.237 e. The summed E-state index contributed by atoms with van der Waals surface area (Å²) >= 11 is 0. The summed E-state index contributed by atoms with van der Waals surface area (Å²) in [5, 5.41) is 13.8. The Balaban J connectivity index is 1.54. The van der Waals surface area contributed by atoms with Crippen molar-refractivity contribution in [3.63, 3.8) is 0 Å². The van der Waals surface area contributed by atoms with Gasteiger partial charge in [0.05, 0.1) is 12.1 Å². The van der Waals surface area contributed by atoms with Crippen LogP contribution in [-0.4, -0.2) is 30.4 Å². The largest absolute Gasteiger partial charge is 0.489 e. The number of amides is 1. The molecular formula is C20H24N4O2. The highest BCUT2D eigenvalue weighted by Crippen LogP contribution is 2.19. The zero-order valence-electron chi connectivity index (χ0n) is 14.7. The maximum atomic E-state index is 12.5. The van der Waals surface area contributed by atoms with Crippen LogP contribution in [0, 0.1) is 5.41 Å². The van der Waals surface area contributed by atoms with E-state index < -0.39 is 0 Å². The lowest BCUT2D eigenvalue weighted by Crippen LogP contribution is -2.41. The average molecular weight is 352 g/mol. The third-order valence-corrected chi connectivity index (χ3v) is 4.51. The van der Waals surface area contributed by atoms with Crippen molar-refractivity contribution in [1.82, 2.24) is 10.6 Å². The Kier molecular flexibility index (Phi) is 5.53. The Morgan fingerprint density at radius 2 is 2.04 bits per heavy atom. The van der Waals surface area contributed by atoms with Gasteiger partial charge in [0, 0.05) is 18.5 Å². The van der Waals surface area contributed by atoms with E-state index in [-0.39, 0.29) is 29.9 Å². The fraction of sp³-hybridized carbons (Fsp3) is 0.300. The molecule has 1 amide bonds. The second-order valence-corrected chi connectivity index (χ2v) is 6.52. The molecule has 1 aliphatic heterocycles. The quantitative estimate of drug-likeness (QED) is 0.472. The molecule has 0 bridgehead atoms. The number of hydrogen-bond acceptors (Lipinski definition) is 4. The summed E-state index contributed by atoms with van der Waals surface area (Å²) in [6.07, 6.45) is 0.498. The van der Waals surface area contributed by atoms with Gasteiger partial charge in [-0.15, -0.1) is 0 Å². The van der Waals surface area contributed by atoms with Gasteiger partial charge < -0.3 is 21.1 Å². The third-order valence-electron chi connectivity index (χ3n) is 4.51. The van der Waals surface area contributed by atoms with Gasteiger partial charge in [-0.25, -0.2) is 0 Å². The lowest BCUT2D eigenvalue weighted by atomic mass is 10.1. The number of nitrogens with one attached hydrogen (secondary N) is 3. The van der Waals surface area contributed by atoms with Crippen molar-refractivity contribution < 1.29 is 9.53 Å². The lowest BCUT2D eigenvalue weighted by Gasteiger charge is -2.18. The zero-order valence-corrected chi connectivity index (χ0v) is 14.7. The van der Waals surface area contributed by atoms with Gasteiger partial charge >= 0.3 is 0 Å². The predicted octanol–water partition coefficient (Wildman–Crippen LogP) is 1.96. The summed E-state index contributed by atoms with van der Waals surface area (Å²) in [6.45, 7) is 2.57. The molecule has 2 aromatic rings. The first kappa shape index (κ1) is 17.9. The molecule has 26 heavy (non-hydrogen) atoms. The molecule has 1 heterocycles. The van der Waals surface area contributed by atoms with Crippen molar-refractivity contribution in [2.45, 2.75) is 31.5 Å². The topological polar surface area (TPSA) is 100 Å². The van der Waals surface area contributed by atoms with Crippen molar-refractivity contribution >= 4 is 11.7 Å². The van der Waals surface area contributed by atoms with Crippen LogP contribution in [0.5, 0.6) is 5.75 Å². The molecule has 1 fully saturated rings. The van der Waals surface area contributed by atoms with Gasteiger partial charge in [0.15, 0.2) is 0 Å². The molecule has 0 unspecified atom stereocenters. The van der Waals surface area contributed by atoms with E-state index >= 15 is 0 Å². The van der Waals surface area contributed by atoms with Crippen LogP contribution in [-0.2, 0) is 4.79 Å². The highest BCUT2D eigenvalue weighted by atomic mass is 16.5. The van der Waals surface area contributed by atoms with Gasteiger partial charge in [0.2, 0.25) is 5.91 Å². The Morgan fingerprint density at radius 3 is 2.77 bits per heavy atom. The van der Waals surface area contributed by atoms with Crippen molar-refractivity contribution in [3.05, 3.63) is 65.7 Å². The Labute approximate surface area is 153 Å². The molecule has 0 spiro atoms. The lowest BCUT2D eigenvalue weighted by molar-refractivity contribution is -0.123. The Hall–Kier alpha value is -2.86. The molecular weight excluding hydrogens is 328 g/mol. The molecule has 1 aliphatic rings. The molecule has 0 aromatic heterocycles. The molecule has 0 aliphatic carbocycles. The molecule has 6 nitrogen and oxygen atoms in total. The Bertz CT molecular complexity index is 778. The summed E-state index contributed by atoms with van der Waals surface area (Å²) in [5.74, 6) is 0.639. The first-order chi connectivity index (χ1) is 12.5. The smallest absolute Gasteiger partial charge is 0.237 e. The second kappa shape index (κ2) is 8.01. The number of carbonyl (C=O) groups excluding carboxylic acids is 1. The number of nitrogen functional groups attached to an aromatic ring is 1. The third kappa shape index (κ3) is 4.40. The number of ether oxygens (including phenoxy) is 1. The van der Waals surface area contributed by atoms with E-state index in [1.54, 1.807) is 18.2 Å². The number of benzene rings is 2. The van der Waals surface area contributed by atoms with Crippen molar-refractivity contribution in [1.29, 1.82) is 5.41 Å². The van der Waals surface area contributed by atoms with Crippen LogP contribution in [0.15, 0.2) is 54.6 Å². The minimum absolute atomic E-state index is 0.00662. The molecule has 5 N–H and O–H groups in total. The normalized spacial score (nSPS) is 20.3. The van der Waals surface area contributed by atoms with Gasteiger partial charge in [0.1, 0.15) is 17.7 Å². The summed E-state index contributed by atoms with van der Waals surface area (Å²) < 4.78 is 5.94. The summed E-state index contributed by atoms with van der Waals surface area (Å²) in [7, 11) is 0. The highest BCUT2D eigenvalue weighted by molar-refractivity contribution is 5.95. The fourth-order valence-corrected chi connectivity index (χ4v) is 3.06. The zero-order chi connectivity index (χ0) is 18.5. The molecule has 6 heteroatoms. The molecule has 0 radical (unpaired) electrons. The number of carbonyl (C=O) groups is 1. The SMILES string of the molecule is C[C@H](NC(=O)[C@@H]1C[C@@H](Oc2cccc(C(=N)N)c2)CN1)c1ccccc1. The van der Waals surface area contributed by atoms with Crippen molar-refractivity contribution in [2.24, 2.45) is 5.73 Å². The van der Waals surface area contributed by atoms with E-state index in [0.29, 0.717) is 24.3 Å². The second-order valence-electron chi connectivity index (χ2n) is 6.52. The van der Waals surface area contributed by atoms with Gasteiger partial charge in [-0.05, 0) is 24.6 Å². The van der Waals surface area contributed by atoms with Gasteiger partial charge in [-0.2, -0.15) is 0 Å². The van der Waals surface area contributed by atoms with Crippen LogP contribution in [0.4, 0.5) is 0 Å². The van der Waals surface area contributed by atoms with Gasteiger partial charge in [0.25, 0.3) is 0 Å². The maximum absolute atomic E-state index is 12.5. The van der Waals surface area contributed by atoms with Gasteiger partial charge in [-0.1, -0.05) is 42.5 Å². The van der Waals surface area contributed by atoms with Crippen LogP contribution in [0.3, 0.4) is 0 Å². The van der Waals surface area contributed by atoms with E-state index in [0.717, 1.165) is 5.56 Å². The average Bonchev–Trinajstić information content (AvgIpc) is 3.11. The summed E-state index contributed by atoms with van der Waals surface area (Å²) in [6, 6.07) is 16.7. The number of hydrogen-bond donors (Lipinski definition) is 4. The first-order valence-corrected chi connectivity index (χ1v) is 8.73. The van der Waals surface area contributed by atoms with Crippen LogP contribution < -0.4 is 21.1 Å². The van der Waals surface area contributed by atoms with Crippen LogP contribution in [0.25, 0.3) is 0 Å². The number of nitrogens with two attached hydrogens (primary N) is 1. The molecule has 3 atom stereocenters. The van der Waals surface area contributed by atoms with Crippen molar-refractivity contribution in [2.75, 3.05) is 6.54 Å². The standard InChI is InChI=1S/C20H24N4O2/c1-13(14-6-3-2-4-7-14)24-20(25)18-11-17(12-23-18)26-16-9-5-8-15(10-16)19(21)22/h2-10,13,17-18,23H,11-12H2,1H3,(H3,21,22)(H,24,25)/t13-,17+,18-/m0/s1. The van der Waals surface area contributed by atoms with E-state index in [4.69, 9.17) is 15.9 Å². The first-order valence-electron chi connectivity index (χ1n) is 8.73. The van der Waals surface area contributed by atoms with Crippen LogP contribution in [0.2, 0.25) is 0 Å².